The third-order valence-electron chi connectivity index (χ3n) is 2.29. The quantitative estimate of drug-likeness (QED) is 0.827. The van der Waals surface area contributed by atoms with Gasteiger partial charge in [0.05, 0.1) is 10.2 Å². The number of carbonyl (C=O) groups excluding carboxylic acids is 1. The van der Waals surface area contributed by atoms with Crippen molar-refractivity contribution in [1.82, 2.24) is 5.32 Å². The minimum atomic E-state index is -0.0994. The van der Waals surface area contributed by atoms with Gasteiger partial charge in [0, 0.05) is 6.04 Å². The number of nitrogen functional groups attached to an aromatic ring is 1. The van der Waals surface area contributed by atoms with Crippen molar-refractivity contribution in [3.63, 3.8) is 0 Å². The van der Waals surface area contributed by atoms with Crippen LogP contribution >= 0.6 is 15.9 Å². The predicted octanol–water partition coefficient (Wildman–Crippen LogP) is 1.69. The van der Waals surface area contributed by atoms with Gasteiger partial charge in [0.25, 0.3) is 5.91 Å². The number of ether oxygens (including phenoxy) is 1. The van der Waals surface area contributed by atoms with Crippen LogP contribution in [0.5, 0.6) is 5.75 Å². The van der Waals surface area contributed by atoms with E-state index in [0.29, 0.717) is 17.5 Å². The molecule has 2 rings (SSSR count). The Morgan fingerprint density at radius 3 is 2.94 bits per heavy atom. The van der Waals surface area contributed by atoms with Gasteiger partial charge in [0.2, 0.25) is 0 Å². The van der Waals surface area contributed by atoms with E-state index >= 15 is 0 Å². The number of rotatable bonds is 4. The zero-order chi connectivity index (χ0) is 11.5. The predicted molar refractivity (Wildman–Crippen MR) is 65.2 cm³/mol. The average molecular weight is 285 g/mol. The van der Waals surface area contributed by atoms with Crippen molar-refractivity contribution >= 4 is 27.5 Å². The third-order valence-corrected chi connectivity index (χ3v) is 2.91. The molecule has 1 aliphatic carbocycles. The van der Waals surface area contributed by atoms with Gasteiger partial charge in [-0.2, -0.15) is 0 Å². The average Bonchev–Trinajstić information content (AvgIpc) is 3.01. The Morgan fingerprint density at radius 1 is 1.56 bits per heavy atom. The van der Waals surface area contributed by atoms with E-state index in [-0.39, 0.29) is 12.5 Å². The molecule has 16 heavy (non-hydrogen) atoms. The van der Waals surface area contributed by atoms with Gasteiger partial charge in [-0.15, -0.1) is 0 Å². The number of carbonyl (C=O) groups is 1. The third kappa shape index (κ3) is 2.88. The number of hydrogen-bond acceptors (Lipinski definition) is 3. The summed E-state index contributed by atoms with van der Waals surface area (Å²) in [7, 11) is 0. The van der Waals surface area contributed by atoms with E-state index in [4.69, 9.17) is 10.5 Å². The molecular formula is C11H13BrN2O2. The van der Waals surface area contributed by atoms with Gasteiger partial charge < -0.3 is 15.8 Å². The number of benzene rings is 1. The largest absolute Gasteiger partial charge is 0.480 e. The summed E-state index contributed by atoms with van der Waals surface area (Å²) >= 11 is 3.32. The summed E-state index contributed by atoms with van der Waals surface area (Å²) < 4.78 is 6.13. The second kappa shape index (κ2) is 4.74. The number of anilines is 1. The molecule has 0 aliphatic heterocycles. The fourth-order valence-electron chi connectivity index (χ4n) is 1.31. The lowest BCUT2D eigenvalue weighted by Crippen LogP contribution is -2.30. The van der Waals surface area contributed by atoms with Gasteiger partial charge in [-0.3, -0.25) is 4.79 Å². The van der Waals surface area contributed by atoms with Crippen molar-refractivity contribution in [3.05, 3.63) is 22.7 Å². The van der Waals surface area contributed by atoms with E-state index in [9.17, 15) is 4.79 Å². The molecule has 1 saturated carbocycles. The maximum atomic E-state index is 11.4. The first kappa shape index (κ1) is 11.3. The first-order chi connectivity index (χ1) is 7.66. The topological polar surface area (TPSA) is 64.3 Å². The Bertz CT molecular complexity index is 385. The van der Waals surface area contributed by atoms with Crippen LogP contribution in [-0.4, -0.2) is 18.6 Å². The van der Waals surface area contributed by atoms with E-state index < -0.39 is 0 Å². The minimum Gasteiger partial charge on any atom is -0.480 e. The molecule has 86 valence electrons. The molecule has 1 aromatic rings. The van der Waals surface area contributed by atoms with Gasteiger partial charge in [-0.1, -0.05) is 6.07 Å². The maximum Gasteiger partial charge on any atom is 0.258 e. The first-order valence-electron chi connectivity index (χ1n) is 5.13. The monoisotopic (exact) mass is 284 g/mol. The van der Waals surface area contributed by atoms with Gasteiger partial charge in [-0.25, -0.2) is 0 Å². The van der Waals surface area contributed by atoms with Crippen LogP contribution in [0.25, 0.3) is 0 Å². The SMILES string of the molecule is Nc1cccc(Br)c1OCC(=O)NC1CC1. The number of nitrogens with two attached hydrogens (primary N) is 1. The molecule has 4 nitrogen and oxygen atoms in total. The van der Waals surface area contributed by atoms with Crippen LogP contribution in [0.3, 0.4) is 0 Å². The van der Waals surface area contributed by atoms with Crippen LogP contribution in [0, 0.1) is 0 Å². The summed E-state index contributed by atoms with van der Waals surface area (Å²) in [6, 6.07) is 5.73. The van der Waals surface area contributed by atoms with Crippen molar-refractivity contribution < 1.29 is 9.53 Å². The van der Waals surface area contributed by atoms with Crippen molar-refractivity contribution in [2.45, 2.75) is 18.9 Å². The van der Waals surface area contributed by atoms with Crippen molar-refractivity contribution in [3.8, 4) is 5.75 Å². The highest BCUT2D eigenvalue weighted by molar-refractivity contribution is 9.10. The number of amides is 1. The highest BCUT2D eigenvalue weighted by Crippen LogP contribution is 2.30. The van der Waals surface area contributed by atoms with Gasteiger partial charge in [-0.05, 0) is 40.9 Å². The lowest BCUT2D eigenvalue weighted by molar-refractivity contribution is -0.123. The normalized spacial score (nSPS) is 14.6. The van der Waals surface area contributed by atoms with E-state index in [0.717, 1.165) is 17.3 Å². The molecule has 1 aliphatic rings. The fourth-order valence-corrected chi connectivity index (χ4v) is 1.81. The lowest BCUT2D eigenvalue weighted by atomic mass is 10.3. The molecule has 0 unspecified atom stereocenters. The summed E-state index contributed by atoms with van der Waals surface area (Å²) in [5, 5.41) is 2.84. The summed E-state index contributed by atoms with van der Waals surface area (Å²) in [5.74, 6) is 0.422. The van der Waals surface area contributed by atoms with Crippen molar-refractivity contribution in [1.29, 1.82) is 0 Å². The van der Waals surface area contributed by atoms with Crippen LogP contribution in [-0.2, 0) is 4.79 Å². The van der Waals surface area contributed by atoms with E-state index in [1.54, 1.807) is 6.07 Å². The Kier molecular flexibility index (Phi) is 3.33. The Morgan fingerprint density at radius 2 is 2.31 bits per heavy atom. The van der Waals surface area contributed by atoms with Gasteiger partial charge in [0.1, 0.15) is 0 Å². The molecule has 0 saturated heterocycles. The fraction of sp³-hybridized carbons (Fsp3) is 0.364. The summed E-state index contributed by atoms with van der Waals surface area (Å²) in [4.78, 5) is 11.4. The van der Waals surface area contributed by atoms with Crippen molar-refractivity contribution in [2.24, 2.45) is 0 Å². The van der Waals surface area contributed by atoms with E-state index in [2.05, 4.69) is 21.2 Å². The molecule has 0 atom stereocenters. The molecular weight excluding hydrogens is 272 g/mol. The standard InChI is InChI=1S/C11H13BrN2O2/c12-8-2-1-3-9(13)11(8)16-6-10(15)14-7-4-5-7/h1-3,7H,4-6,13H2,(H,14,15). The molecule has 3 N–H and O–H groups in total. The molecule has 0 bridgehead atoms. The van der Waals surface area contributed by atoms with Crippen LogP contribution in [0.4, 0.5) is 5.69 Å². The second-order valence-electron chi connectivity index (χ2n) is 3.79. The van der Waals surface area contributed by atoms with Crippen LogP contribution < -0.4 is 15.8 Å². The number of halogens is 1. The van der Waals surface area contributed by atoms with Crippen LogP contribution in [0.1, 0.15) is 12.8 Å². The smallest absolute Gasteiger partial charge is 0.258 e. The van der Waals surface area contributed by atoms with E-state index in [1.807, 2.05) is 12.1 Å². The first-order valence-corrected chi connectivity index (χ1v) is 5.92. The lowest BCUT2D eigenvalue weighted by Gasteiger charge is -2.10. The summed E-state index contributed by atoms with van der Waals surface area (Å²) in [6.45, 7) is 0.00329. The highest BCUT2D eigenvalue weighted by Gasteiger charge is 2.23. The minimum absolute atomic E-state index is 0.00329. The Hall–Kier alpha value is -1.23. The summed E-state index contributed by atoms with van der Waals surface area (Å²) in [5.41, 5.74) is 6.26. The van der Waals surface area contributed by atoms with Crippen LogP contribution in [0.15, 0.2) is 22.7 Å². The molecule has 0 heterocycles. The number of nitrogens with one attached hydrogen (secondary N) is 1. The van der Waals surface area contributed by atoms with Gasteiger partial charge in [0.15, 0.2) is 12.4 Å². The number of hydrogen-bond donors (Lipinski definition) is 2. The second-order valence-corrected chi connectivity index (χ2v) is 4.64. The number of para-hydroxylation sites is 1. The van der Waals surface area contributed by atoms with Gasteiger partial charge >= 0.3 is 0 Å². The maximum absolute atomic E-state index is 11.4. The highest BCUT2D eigenvalue weighted by atomic mass is 79.9. The van der Waals surface area contributed by atoms with Crippen molar-refractivity contribution in [2.75, 3.05) is 12.3 Å². The molecule has 0 aromatic heterocycles. The zero-order valence-corrected chi connectivity index (χ0v) is 10.3. The Labute approximate surface area is 102 Å². The molecule has 1 aromatic carbocycles. The van der Waals surface area contributed by atoms with Crippen LogP contribution in [0.2, 0.25) is 0 Å². The molecule has 1 fully saturated rings. The van der Waals surface area contributed by atoms with E-state index in [1.165, 1.54) is 0 Å². The molecule has 0 spiro atoms. The zero-order valence-electron chi connectivity index (χ0n) is 8.70. The Balaban J connectivity index is 1.90. The molecule has 5 heteroatoms. The molecule has 0 radical (unpaired) electrons. The molecule has 1 amide bonds. The summed E-state index contributed by atoms with van der Waals surface area (Å²) in [6.07, 6.45) is 2.14.